The van der Waals surface area contributed by atoms with Crippen LogP contribution >= 0.6 is 27.3 Å². The number of benzene rings is 1. The number of hydrogen-bond donors (Lipinski definition) is 1. The molecule has 1 unspecified atom stereocenters. The number of rotatable bonds is 4. The number of carbonyl (C=O) groups is 1. The second-order valence-electron chi connectivity index (χ2n) is 10.3. The van der Waals surface area contributed by atoms with Crippen LogP contribution in [0, 0.1) is 23.1 Å². The van der Waals surface area contributed by atoms with Crippen molar-refractivity contribution in [2.24, 2.45) is 5.41 Å². The number of aliphatic hydroxyl groups excluding tert-OH is 1. The lowest BCUT2D eigenvalue weighted by Crippen LogP contribution is -2.60. The summed E-state index contributed by atoms with van der Waals surface area (Å²) in [6.07, 6.45) is 0.898. The lowest BCUT2D eigenvalue weighted by atomic mass is 9.87. The molecule has 190 valence electrons. The first-order valence-corrected chi connectivity index (χ1v) is 13.0. The van der Waals surface area contributed by atoms with E-state index in [1.54, 1.807) is 12.1 Å². The molecule has 1 aliphatic rings. The second kappa shape index (κ2) is 9.69. The minimum Gasteiger partial charge on any atom is -0.392 e. The zero-order valence-corrected chi connectivity index (χ0v) is 22.8. The molecule has 1 aliphatic heterocycles. The lowest BCUT2D eigenvalue weighted by Gasteiger charge is -2.42. The summed E-state index contributed by atoms with van der Waals surface area (Å²) in [5, 5.41) is 10.6. The normalized spacial score (nSPS) is 15.8. The van der Waals surface area contributed by atoms with Gasteiger partial charge in [-0.3, -0.25) is 14.2 Å². The molecule has 0 bridgehead atoms. The number of alkyl halides is 1. The Morgan fingerprint density at radius 3 is 2.67 bits per heavy atom. The predicted molar refractivity (Wildman–Crippen MR) is 140 cm³/mol. The van der Waals surface area contributed by atoms with Gasteiger partial charge in [0.15, 0.2) is 0 Å². The standard InChI is InChI=1S/C26H26BrF2N3O3S/c1-25(2,3)19(33)7-5-6-18-21(15-8-9-17(28)16(27)10-15)22-23(36-18)30-14-31(24(22)35)11-20(34)32-12-26(4,29)13-32/h8-10,14,19,33H,7,11-13H2,1-4H3. The Balaban J connectivity index is 1.78. The van der Waals surface area contributed by atoms with E-state index in [0.29, 0.717) is 20.8 Å². The van der Waals surface area contributed by atoms with Crippen molar-refractivity contribution < 1.29 is 18.7 Å². The number of aromatic nitrogens is 2. The Bertz CT molecular complexity index is 1460. The maximum Gasteiger partial charge on any atom is 0.263 e. The van der Waals surface area contributed by atoms with Gasteiger partial charge in [0.1, 0.15) is 22.9 Å². The van der Waals surface area contributed by atoms with Crippen LogP contribution in [0.1, 0.15) is 39.0 Å². The molecule has 0 spiro atoms. The number of likely N-dealkylation sites (tertiary alicyclic amines) is 1. The summed E-state index contributed by atoms with van der Waals surface area (Å²) < 4.78 is 29.2. The quantitative estimate of drug-likeness (QED) is 0.454. The maximum absolute atomic E-state index is 14.0. The van der Waals surface area contributed by atoms with Gasteiger partial charge >= 0.3 is 0 Å². The topological polar surface area (TPSA) is 75.4 Å². The van der Waals surface area contributed by atoms with Gasteiger partial charge in [0.2, 0.25) is 5.91 Å². The SMILES string of the molecule is CC1(F)CN(C(=O)Cn2cnc3sc(C#CCC(O)C(C)(C)C)c(-c4ccc(F)c(Br)c4)c3c2=O)C1. The lowest BCUT2D eigenvalue weighted by molar-refractivity contribution is -0.144. The number of hydrogen-bond acceptors (Lipinski definition) is 5. The van der Waals surface area contributed by atoms with Crippen molar-refractivity contribution in [1.82, 2.24) is 14.5 Å². The van der Waals surface area contributed by atoms with Gasteiger partial charge in [-0.2, -0.15) is 0 Å². The molecular weight excluding hydrogens is 552 g/mol. The minimum atomic E-state index is -1.41. The third kappa shape index (κ3) is 5.38. The number of amides is 1. The van der Waals surface area contributed by atoms with Crippen LogP contribution in [-0.2, 0) is 11.3 Å². The Morgan fingerprint density at radius 1 is 1.36 bits per heavy atom. The molecule has 0 aliphatic carbocycles. The molecule has 36 heavy (non-hydrogen) atoms. The van der Waals surface area contributed by atoms with Gasteiger partial charge in [-0.1, -0.05) is 38.7 Å². The van der Waals surface area contributed by atoms with Crippen molar-refractivity contribution >= 4 is 43.4 Å². The second-order valence-corrected chi connectivity index (χ2v) is 12.2. The summed E-state index contributed by atoms with van der Waals surface area (Å²) in [6.45, 7) is 6.90. The van der Waals surface area contributed by atoms with Gasteiger partial charge in [0, 0.05) is 12.0 Å². The van der Waals surface area contributed by atoms with Crippen LogP contribution in [0.15, 0.2) is 33.8 Å². The molecule has 1 saturated heterocycles. The average molecular weight is 578 g/mol. The van der Waals surface area contributed by atoms with Crippen molar-refractivity contribution in [2.45, 2.75) is 52.4 Å². The Kier molecular flexibility index (Phi) is 7.12. The first-order valence-electron chi connectivity index (χ1n) is 11.4. The van der Waals surface area contributed by atoms with Crippen molar-refractivity contribution in [2.75, 3.05) is 13.1 Å². The Morgan fingerprint density at radius 2 is 2.06 bits per heavy atom. The Labute approximate surface area is 220 Å². The maximum atomic E-state index is 14.0. The van der Waals surface area contributed by atoms with Crippen molar-refractivity contribution in [3.63, 3.8) is 0 Å². The van der Waals surface area contributed by atoms with Crippen molar-refractivity contribution in [1.29, 1.82) is 0 Å². The van der Waals surface area contributed by atoms with E-state index in [9.17, 15) is 23.5 Å². The van der Waals surface area contributed by atoms with E-state index in [1.165, 1.54) is 40.1 Å². The molecule has 2 aromatic heterocycles. The van der Waals surface area contributed by atoms with Crippen molar-refractivity contribution in [3.05, 3.63) is 50.0 Å². The third-order valence-electron chi connectivity index (χ3n) is 6.08. The van der Waals surface area contributed by atoms with Gasteiger partial charge in [-0.25, -0.2) is 13.8 Å². The summed E-state index contributed by atoms with van der Waals surface area (Å²) in [7, 11) is 0. The first kappa shape index (κ1) is 26.5. The van der Waals surface area contributed by atoms with Crippen LogP contribution in [0.4, 0.5) is 8.78 Å². The molecule has 1 atom stereocenters. The van der Waals surface area contributed by atoms with E-state index >= 15 is 0 Å². The molecule has 1 amide bonds. The molecule has 0 radical (unpaired) electrons. The summed E-state index contributed by atoms with van der Waals surface area (Å²) in [5.74, 6) is 5.25. The van der Waals surface area contributed by atoms with Crippen molar-refractivity contribution in [3.8, 4) is 23.0 Å². The van der Waals surface area contributed by atoms with E-state index < -0.39 is 23.1 Å². The van der Waals surface area contributed by atoms with Crippen LogP contribution in [-0.4, -0.2) is 50.3 Å². The molecule has 0 saturated carbocycles. The average Bonchev–Trinajstić information content (AvgIpc) is 3.14. The number of thiophene rings is 1. The fraction of sp³-hybridized carbons (Fsp3) is 0.423. The van der Waals surface area contributed by atoms with Gasteiger partial charge < -0.3 is 10.0 Å². The summed E-state index contributed by atoms with van der Waals surface area (Å²) in [6, 6.07) is 4.41. The highest BCUT2D eigenvalue weighted by Gasteiger charge is 2.41. The summed E-state index contributed by atoms with van der Waals surface area (Å²) >= 11 is 4.42. The van der Waals surface area contributed by atoms with Gasteiger partial charge in [-0.05, 0) is 46.0 Å². The molecular formula is C26H26BrF2N3O3S. The summed E-state index contributed by atoms with van der Waals surface area (Å²) in [5.41, 5.74) is -1.13. The van der Waals surface area contributed by atoms with E-state index in [-0.39, 0.29) is 47.2 Å². The zero-order valence-electron chi connectivity index (χ0n) is 20.4. The van der Waals surface area contributed by atoms with E-state index in [4.69, 9.17) is 0 Å². The first-order chi connectivity index (χ1) is 16.8. The van der Waals surface area contributed by atoms with Gasteiger partial charge in [-0.15, -0.1) is 11.3 Å². The molecule has 1 fully saturated rings. The van der Waals surface area contributed by atoms with E-state index in [2.05, 4.69) is 32.8 Å². The highest BCUT2D eigenvalue weighted by Crippen LogP contribution is 2.37. The molecule has 3 aromatic rings. The number of aliphatic hydroxyl groups is 1. The van der Waals surface area contributed by atoms with Crippen LogP contribution in [0.2, 0.25) is 0 Å². The number of nitrogens with zero attached hydrogens (tertiary/aromatic N) is 3. The molecule has 10 heteroatoms. The highest BCUT2D eigenvalue weighted by atomic mass is 79.9. The summed E-state index contributed by atoms with van der Waals surface area (Å²) in [4.78, 5) is 32.8. The molecule has 3 heterocycles. The van der Waals surface area contributed by atoms with E-state index in [0.717, 1.165) is 0 Å². The molecule has 1 aromatic carbocycles. The Hall–Kier alpha value is -2.61. The number of carbonyl (C=O) groups excluding carboxylic acids is 1. The van der Waals surface area contributed by atoms with Crippen LogP contribution in [0.5, 0.6) is 0 Å². The van der Waals surface area contributed by atoms with Crippen LogP contribution < -0.4 is 5.56 Å². The fourth-order valence-electron chi connectivity index (χ4n) is 3.86. The minimum absolute atomic E-state index is 0.0102. The van der Waals surface area contributed by atoms with Gasteiger partial charge in [0.25, 0.3) is 5.56 Å². The van der Waals surface area contributed by atoms with E-state index in [1.807, 2.05) is 20.8 Å². The van der Waals surface area contributed by atoms with Crippen LogP contribution in [0.25, 0.3) is 21.3 Å². The number of halogens is 3. The zero-order chi connectivity index (χ0) is 26.4. The number of fused-ring (bicyclic) bond motifs is 1. The van der Waals surface area contributed by atoms with Crippen LogP contribution in [0.3, 0.4) is 0 Å². The molecule has 6 nitrogen and oxygen atoms in total. The fourth-order valence-corrected chi connectivity index (χ4v) is 5.27. The molecule has 4 rings (SSSR count). The third-order valence-corrected chi connectivity index (χ3v) is 7.70. The monoisotopic (exact) mass is 577 g/mol. The van der Waals surface area contributed by atoms with Gasteiger partial charge in [0.05, 0.1) is 40.3 Å². The molecule has 1 N–H and O–H groups in total. The largest absolute Gasteiger partial charge is 0.392 e. The predicted octanol–water partition coefficient (Wildman–Crippen LogP) is 4.75. The highest BCUT2D eigenvalue weighted by molar-refractivity contribution is 9.10. The smallest absolute Gasteiger partial charge is 0.263 e.